The van der Waals surface area contributed by atoms with Gasteiger partial charge in [-0.25, -0.2) is 4.98 Å². The third-order valence-corrected chi connectivity index (χ3v) is 5.05. The van der Waals surface area contributed by atoms with Crippen LogP contribution < -0.4 is 5.32 Å². The van der Waals surface area contributed by atoms with E-state index in [2.05, 4.69) is 52.4 Å². The highest BCUT2D eigenvalue weighted by molar-refractivity contribution is 9.10. The van der Waals surface area contributed by atoms with Gasteiger partial charge in [-0.2, -0.15) is 0 Å². The Balaban J connectivity index is 1.84. The average molecular weight is 337 g/mol. The van der Waals surface area contributed by atoms with Gasteiger partial charge in [0.15, 0.2) is 0 Å². The van der Waals surface area contributed by atoms with Crippen molar-refractivity contribution in [3.63, 3.8) is 0 Å². The maximum Gasteiger partial charge on any atom is 0.0938 e. The molecule has 1 aliphatic rings. The van der Waals surface area contributed by atoms with Crippen LogP contribution in [0, 0.1) is 12.8 Å². The minimum Gasteiger partial charge on any atom is -0.316 e. The molecular weight excluding hydrogens is 320 g/mol. The normalized spacial score (nSPS) is 18.9. The maximum atomic E-state index is 4.85. The van der Waals surface area contributed by atoms with E-state index in [4.69, 9.17) is 4.98 Å². The van der Waals surface area contributed by atoms with Gasteiger partial charge in [-0.15, -0.1) is 11.3 Å². The molecule has 1 unspecified atom stereocenters. The number of aryl methyl sites for hydroxylation is 1. The van der Waals surface area contributed by atoms with Crippen molar-refractivity contribution in [3.05, 3.63) is 38.6 Å². The van der Waals surface area contributed by atoms with Crippen molar-refractivity contribution < 1.29 is 0 Å². The molecule has 2 nitrogen and oxygen atoms in total. The van der Waals surface area contributed by atoms with Crippen molar-refractivity contribution in [3.8, 4) is 11.3 Å². The van der Waals surface area contributed by atoms with Crippen LogP contribution in [0.25, 0.3) is 11.3 Å². The topological polar surface area (TPSA) is 24.9 Å². The standard InChI is InChI=1S/C15H17BrN2S/c1-10-15(12-3-2-4-13(16)8-12)18-14(19-10)7-11-5-6-17-9-11/h2-4,8,11,17H,5-7,9H2,1H3. The first-order valence-corrected chi connectivity index (χ1v) is 8.26. The fourth-order valence-electron chi connectivity index (χ4n) is 2.58. The first-order chi connectivity index (χ1) is 9.22. The van der Waals surface area contributed by atoms with Crippen molar-refractivity contribution >= 4 is 27.3 Å². The molecule has 1 aliphatic heterocycles. The zero-order chi connectivity index (χ0) is 13.2. The predicted octanol–water partition coefficient (Wildman–Crippen LogP) is 4.03. The molecule has 1 aromatic carbocycles. The summed E-state index contributed by atoms with van der Waals surface area (Å²) in [5.74, 6) is 0.765. The third kappa shape index (κ3) is 3.07. The average Bonchev–Trinajstić information content (AvgIpc) is 3.00. The van der Waals surface area contributed by atoms with E-state index in [1.165, 1.54) is 21.9 Å². The van der Waals surface area contributed by atoms with Crippen LogP contribution in [0.3, 0.4) is 0 Å². The molecule has 0 radical (unpaired) electrons. The molecular formula is C15H17BrN2S. The van der Waals surface area contributed by atoms with Gasteiger partial charge in [-0.1, -0.05) is 28.1 Å². The zero-order valence-electron chi connectivity index (χ0n) is 10.9. The Bertz CT molecular complexity index is 573. The van der Waals surface area contributed by atoms with E-state index in [1.807, 2.05) is 11.3 Å². The minimum atomic E-state index is 0.765. The summed E-state index contributed by atoms with van der Waals surface area (Å²) in [6, 6.07) is 8.39. The molecule has 1 aromatic heterocycles. The summed E-state index contributed by atoms with van der Waals surface area (Å²) in [7, 11) is 0. The van der Waals surface area contributed by atoms with Gasteiger partial charge in [-0.05, 0) is 44.5 Å². The van der Waals surface area contributed by atoms with Crippen LogP contribution in [0.4, 0.5) is 0 Å². The third-order valence-electron chi connectivity index (χ3n) is 3.56. The zero-order valence-corrected chi connectivity index (χ0v) is 13.4. The lowest BCUT2D eigenvalue weighted by molar-refractivity contribution is 0.578. The van der Waals surface area contributed by atoms with E-state index >= 15 is 0 Å². The molecule has 1 N–H and O–H groups in total. The predicted molar refractivity (Wildman–Crippen MR) is 84.7 cm³/mol. The number of halogens is 1. The molecule has 0 spiro atoms. The summed E-state index contributed by atoms with van der Waals surface area (Å²) in [5.41, 5.74) is 2.35. The number of hydrogen-bond acceptors (Lipinski definition) is 3. The van der Waals surface area contributed by atoms with Gasteiger partial charge in [0.2, 0.25) is 0 Å². The van der Waals surface area contributed by atoms with E-state index in [-0.39, 0.29) is 0 Å². The number of nitrogens with zero attached hydrogens (tertiary/aromatic N) is 1. The van der Waals surface area contributed by atoms with Crippen LogP contribution in [0.15, 0.2) is 28.7 Å². The lowest BCUT2D eigenvalue weighted by Gasteiger charge is -2.03. The highest BCUT2D eigenvalue weighted by Gasteiger charge is 2.18. The van der Waals surface area contributed by atoms with Crippen molar-refractivity contribution in [1.82, 2.24) is 10.3 Å². The smallest absolute Gasteiger partial charge is 0.0938 e. The number of hydrogen-bond donors (Lipinski definition) is 1. The lowest BCUT2D eigenvalue weighted by atomic mass is 10.1. The first kappa shape index (κ1) is 13.3. The van der Waals surface area contributed by atoms with Crippen molar-refractivity contribution in [1.29, 1.82) is 0 Å². The van der Waals surface area contributed by atoms with E-state index in [1.54, 1.807) is 0 Å². The molecule has 2 aromatic rings. The second-order valence-corrected chi connectivity index (χ2v) is 7.29. The van der Waals surface area contributed by atoms with Gasteiger partial charge in [0.1, 0.15) is 0 Å². The highest BCUT2D eigenvalue weighted by atomic mass is 79.9. The summed E-state index contributed by atoms with van der Waals surface area (Å²) in [4.78, 5) is 6.17. The van der Waals surface area contributed by atoms with Gasteiger partial charge in [0.05, 0.1) is 10.7 Å². The molecule has 1 atom stereocenters. The number of thiazole rings is 1. The van der Waals surface area contributed by atoms with Gasteiger partial charge in [0, 0.05) is 21.3 Å². The number of rotatable bonds is 3. The maximum absolute atomic E-state index is 4.85. The van der Waals surface area contributed by atoms with Crippen LogP contribution in [-0.2, 0) is 6.42 Å². The number of benzene rings is 1. The SMILES string of the molecule is Cc1sc(CC2CCNC2)nc1-c1cccc(Br)c1. The molecule has 0 saturated carbocycles. The Hall–Kier alpha value is -0.710. The molecule has 0 bridgehead atoms. The summed E-state index contributed by atoms with van der Waals surface area (Å²) in [5, 5.41) is 4.70. The Morgan fingerprint density at radius 3 is 3.11 bits per heavy atom. The fraction of sp³-hybridized carbons (Fsp3) is 0.400. The number of nitrogens with one attached hydrogen (secondary N) is 1. The second kappa shape index (κ2) is 5.73. The molecule has 1 fully saturated rings. The quantitative estimate of drug-likeness (QED) is 0.915. The molecule has 0 amide bonds. The van der Waals surface area contributed by atoms with Crippen LogP contribution in [-0.4, -0.2) is 18.1 Å². The van der Waals surface area contributed by atoms with Gasteiger partial charge < -0.3 is 5.32 Å². The van der Waals surface area contributed by atoms with Crippen molar-refractivity contribution in [2.24, 2.45) is 5.92 Å². The van der Waals surface area contributed by atoms with Crippen molar-refractivity contribution in [2.75, 3.05) is 13.1 Å². The van der Waals surface area contributed by atoms with Crippen LogP contribution in [0.1, 0.15) is 16.3 Å². The Labute approximate surface area is 126 Å². The molecule has 0 aliphatic carbocycles. The van der Waals surface area contributed by atoms with Gasteiger partial charge >= 0.3 is 0 Å². The van der Waals surface area contributed by atoms with E-state index < -0.39 is 0 Å². The molecule has 2 heterocycles. The van der Waals surface area contributed by atoms with Gasteiger partial charge in [-0.3, -0.25) is 0 Å². The Morgan fingerprint density at radius 2 is 2.37 bits per heavy atom. The monoisotopic (exact) mass is 336 g/mol. The van der Waals surface area contributed by atoms with Crippen LogP contribution in [0.2, 0.25) is 0 Å². The Kier molecular flexibility index (Phi) is 4.01. The largest absolute Gasteiger partial charge is 0.316 e. The van der Waals surface area contributed by atoms with Gasteiger partial charge in [0.25, 0.3) is 0 Å². The minimum absolute atomic E-state index is 0.765. The lowest BCUT2D eigenvalue weighted by Crippen LogP contribution is -2.10. The Morgan fingerprint density at radius 1 is 1.47 bits per heavy atom. The fourth-order valence-corrected chi connectivity index (χ4v) is 4.05. The molecule has 1 saturated heterocycles. The first-order valence-electron chi connectivity index (χ1n) is 6.65. The van der Waals surface area contributed by atoms with E-state index in [9.17, 15) is 0 Å². The summed E-state index contributed by atoms with van der Waals surface area (Å²) in [6.07, 6.45) is 2.40. The summed E-state index contributed by atoms with van der Waals surface area (Å²) < 4.78 is 1.11. The second-order valence-electron chi connectivity index (χ2n) is 5.09. The molecule has 100 valence electrons. The summed E-state index contributed by atoms with van der Waals surface area (Å²) in [6.45, 7) is 4.47. The molecule has 4 heteroatoms. The van der Waals surface area contributed by atoms with Crippen LogP contribution in [0.5, 0.6) is 0 Å². The number of aromatic nitrogens is 1. The highest BCUT2D eigenvalue weighted by Crippen LogP contribution is 2.30. The van der Waals surface area contributed by atoms with E-state index in [0.29, 0.717) is 0 Å². The van der Waals surface area contributed by atoms with Crippen molar-refractivity contribution in [2.45, 2.75) is 19.8 Å². The molecule has 19 heavy (non-hydrogen) atoms. The summed E-state index contributed by atoms with van der Waals surface area (Å²) >= 11 is 5.38. The van der Waals surface area contributed by atoms with E-state index in [0.717, 1.165) is 35.6 Å². The molecule has 3 rings (SSSR count). The van der Waals surface area contributed by atoms with Crippen LogP contribution >= 0.6 is 27.3 Å².